The van der Waals surface area contributed by atoms with Gasteiger partial charge in [0.1, 0.15) is 5.69 Å². The molecule has 2 aromatic rings. The lowest BCUT2D eigenvalue weighted by molar-refractivity contribution is 0.0927. The van der Waals surface area contributed by atoms with E-state index in [2.05, 4.69) is 30.9 Å². The van der Waals surface area contributed by atoms with Crippen LogP contribution in [-0.2, 0) is 11.3 Å². The smallest absolute Gasteiger partial charge is 0.268 e. The molecule has 0 unspecified atom stereocenters. The number of ether oxygens (including phenoxy) is 1. The maximum atomic E-state index is 12.6. The molecule has 2 fully saturated rings. The summed E-state index contributed by atoms with van der Waals surface area (Å²) in [6.07, 6.45) is 10.7. The van der Waals surface area contributed by atoms with E-state index >= 15 is 0 Å². The van der Waals surface area contributed by atoms with Gasteiger partial charge in [-0.25, -0.2) is 9.97 Å². The summed E-state index contributed by atoms with van der Waals surface area (Å²) in [4.78, 5) is 23.9. The molecule has 1 amide bonds. The number of anilines is 1. The van der Waals surface area contributed by atoms with Crippen LogP contribution in [0.1, 0.15) is 36.2 Å². The highest BCUT2D eigenvalue weighted by Crippen LogP contribution is 2.32. The van der Waals surface area contributed by atoms with Crippen LogP contribution < -0.4 is 10.2 Å². The SMILES string of the molecule is COCCNC(=O)c1cc(-c2cnc(N3CCCC3)nc2)cn1CC1CC1. The average Bonchev–Trinajstić information content (AvgIpc) is 3.17. The van der Waals surface area contributed by atoms with Gasteiger partial charge < -0.3 is 19.5 Å². The summed E-state index contributed by atoms with van der Waals surface area (Å²) in [6, 6.07) is 1.94. The van der Waals surface area contributed by atoms with Crippen LogP contribution in [0.25, 0.3) is 11.1 Å². The molecule has 0 bridgehead atoms. The normalized spacial score (nSPS) is 16.7. The highest BCUT2D eigenvalue weighted by molar-refractivity contribution is 5.94. The van der Waals surface area contributed by atoms with Crippen LogP contribution >= 0.6 is 0 Å². The van der Waals surface area contributed by atoms with Gasteiger partial charge in [-0.05, 0) is 37.7 Å². The first-order valence-electron chi connectivity index (χ1n) is 9.79. The molecule has 0 aromatic carbocycles. The van der Waals surface area contributed by atoms with Gasteiger partial charge in [-0.1, -0.05) is 0 Å². The van der Waals surface area contributed by atoms with Crippen LogP contribution in [-0.4, -0.2) is 53.8 Å². The lowest BCUT2D eigenvalue weighted by Crippen LogP contribution is -2.29. The summed E-state index contributed by atoms with van der Waals surface area (Å²) in [5, 5.41) is 2.92. The Morgan fingerprint density at radius 1 is 1.22 bits per heavy atom. The van der Waals surface area contributed by atoms with Crippen molar-refractivity contribution in [2.75, 3.05) is 38.3 Å². The highest BCUT2D eigenvalue weighted by atomic mass is 16.5. The van der Waals surface area contributed by atoms with Crippen molar-refractivity contribution in [3.05, 3.63) is 30.4 Å². The number of amides is 1. The molecule has 1 N–H and O–H groups in total. The van der Waals surface area contributed by atoms with Crippen LogP contribution in [0.15, 0.2) is 24.7 Å². The molecule has 27 heavy (non-hydrogen) atoms. The number of aromatic nitrogens is 3. The van der Waals surface area contributed by atoms with E-state index in [9.17, 15) is 4.79 Å². The van der Waals surface area contributed by atoms with E-state index in [-0.39, 0.29) is 5.91 Å². The molecule has 3 heterocycles. The summed E-state index contributed by atoms with van der Waals surface area (Å²) in [5.74, 6) is 1.42. The van der Waals surface area contributed by atoms with Gasteiger partial charge in [-0.2, -0.15) is 0 Å². The molecule has 2 aromatic heterocycles. The van der Waals surface area contributed by atoms with Crippen molar-refractivity contribution in [3.63, 3.8) is 0 Å². The predicted molar refractivity (Wildman–Crippen MR) is 104 cm³/mol. The molecular formula is C20H27N5O2. The Bertz CT molecular complexity index is 776. The van der Waals surface area contributed by atoms with Crippen LogP contribution in [0, 0.1) is 5.92 Å². The van der Waals surface area contributed by atoms with Crippen LogP contribution in [0.3, 0.4) is 0 Å². The van der Waals surface area contributed by atoms with E-state index in [0.29, 0.717) is 24.8 Å². The van der Waals surface area contributed by atoms with Crippen molar-refractivity contribution in [2.45, 2.75) is 32.2 Å². The number of hydrogen-bond donors (Lipinski definition) is 1. The molecule has 1 aliphatic carbocycles. The second-order valence-corrected chi connectivity index (χ2v) is 7.42. The number of nitrogens with zero attached hydrogens (tertiary/aromatic N) is 4. The van der Waals surface area contributed by atoms with Crippen molar-refractivity contribution in [2.24, 2.45) is 5.92 Å². The van der Waals surface area contributed by atoms with E-state index in [0.717, 1.165) is 36.7 Å². The van der Waals surface area contributed by atoms with E-state index in [1.54, 1.807) is 7.11 Å². The third kappa shape index (κ3) is 4.30. The summed E-state index contributed by atoms with van der Waals surface area (Å²) in [6.45, 7) is 3.96. The van der Waals surface area contributed by atoms with Gasteiger partial charge in [0.15, 0.2) is 0 Å². The molecule has 1 saturated carbocycles. The third-order valence-electron chi connectivity index (χ3n) is 5.23. The number of nitrogens with one attached hydrogen (secondary N) is 1. The number of carbonyl (C=O) groups is 1. The Morgan fingerprint density at radius 2 is 1.96 bits per heavy atom. The summed E-state index contributed by atoms with van der Waals surface area (Å²) in [5.41, 5.74) is 2.62. The third-order valence-corrected chi connectivity index (χ3v) is 5.23. The minimum atomic E-state index is -0.0615. The molecule has 7 nitrogen and oxygen atoms in total. The Hall–Kier alpha value is -2.41. The fourth-order valence-electron chi connectivity index (χ4n) is 3.50. The molecular weight excluding hydrogens is 342 g/mol. The summed E-state index contributed by atoms with van der Waals surface area (Å²) >= 11 is 0. The number of rotatable bonds is 8. The zero-order valence-corrected chi connectivity index (χ0v) is 15.9. The van der Waals surface area contributed by atoms with Gasteiger partial charge in [0.05, 0.1) is 6.61 Å². The fourth-order valence-corrected chi connectivity index (χ4v) is 3.50. The first kappa shape index (κ1) is 18.0. The molecule has 2 aliphatic rings. The molecule has 144 valence electrons. The second kappa shape index (κ2) is 8.08. The first-order valence-corrected chi connectivity index (χ1v) is 9.79. The minimum absolute atomic E-state index is 0.0615. The Labute approximate surface area is 159 Å². The Morgan fingerprint density at radius 3 is 2.63 bits per heavy atom. The first-order chi connectivity index (χ1) is 13.2. The van der Waals surface area contributed by atoms with Crippen LogP contribution in [0.2, 0.25) is 0 Å². The molecule has 0 radical (unpaired) electrons. The van der Waals surface area contributed by atoms with Crippen LogP contribution in [0.4, 0.5) is 5.95 Å². The van der Waals surface area contributed by atoms with Gasteiger partial charge in [0, 0.05) is 63.0 Å². The maximum absolute atomic E-state index is 12.6. The standard InChI is InChI=1S/C20H27N5O2/c1-27-9-6-21-19(26)18-10-16(14-25(18)13-15-4-5-15)17-11-22-20(23-12-17)24-7-2-3-8-24/h10-12,14-15H,2-9,13H2,1H3,(H,21,26). The zero-order valence-electron chi connectivity index (χ0n) is 15.9. The molecule has 1 saturated heterocycles. The topological polar surface area (TPSA) is 72.3 Å². The van der Waals surface area contributed by atoms with Gasteiger partial charge in [0.25, 0.3) is 5.91 Å². The predicted octanol–water partition coefficient (Wildman–Crippen LogP) is 2.33. The van der Waals surface area contributed by atoms with Gasteiger partial charge >= 0.3 is 0 Å². The number of methoxy groups -OCH3 is 1. The molecule has 7 heteroatoms. The Kier molecular flexibility index (Phi) is 5.38. The van der Waals surface area contributed by atoms with Gasteiger partial charge in [-0.15, -0.1) is 0 Å². The average molecular weight is 369 g/mol. The van der Waals surface area contributed by atoms with Crippen molar-refractivity contribution in [1.29, 1.82) is 0 Å². The van der Waals surface area contributed by atoms with Crippen molar-refractivity contribution in [3.8, 4) is 11.1 Å². The van der Waals surface area contributed by atoms with Crippen molar-refractivity contribution >= 4 is 11.9 Å². The van der Waals surface area contributed by atoms with E-state index in [1.165, 1.54) is 25.7 Å². The van der Waals surface area contributed by atoms with E-state index in [4.69, 9.17) is 4.74 Å². The lowest BCUT2D eigenvalue weighted by atomic mass is 10.2. The van der Waals surface area contributed by atoms with Gasteiger partial charge in [0.2, 0.25) is 5.95 Å². The largest absolute Gasteiger partial charge is 0.383 e. The number of carbonyl (C=O) groups excluding carboxylic acids is 1. The molecule has 4 rings (SSSR count). The summed E-state index contributed by atoms with van der Waals surface area (Å²) in [7, 11) is 1.63. The fraction of sp³-hybridized carbons (Fsp3) is 0.550. The van der Waals surface area contributed by atoms with E-state index < -0.39 is 0 Å². The second-order valence-electron chi connectivity index (χ2n) is 7.42. The zero-order chi connectivity index (χ0) is 18.6. The molecule has 0 atom stereocenters. The van der Waals surface area contributed by atoms with E-state index in [1.807, 2.05) is 18.5 Å². The molecule has 1 aliphatic heterocycles. The summed E-state index contributed by atoms with van der Waals surface area (Å²) < 4.78 is 7.09. The minimum Gasteiger partial charge on any atom is -0.383 e. The van der Waals surface area contributed by atoms with Crippen molar-refractivity contribution in [1.82, 2.24) is 19.9 Å². The van der Waals surface area contributed by atoms with Gasteiger partial charge in [-0.3, -0.25) is 4.79 Å². The monoisotopic (exact) mass is 369 g/mol. The maximum Gasteiger partial charge on any atom is 0.268 e. The quantitative estimate of drug-likeness (QED) is 0.723. The van der Waals surface area contributed by atoms with Crippen molar-refractivity contribution < 1.29 is 9.53 Å². The Balaban J connectivity index is 1.53. The lowest BCUT2D eigenvalue weighted by Gasteiger charge is -2.14. The number of hydrogen-bond acceptors (Lipinski definition) is 5. The molecule has 0 spiro atoms. The van der Waals surface area contributed by atoms with Crippen LogP contribution in [0.5, 0.6) is 0 Å². The highest BCUT2D eigenvalue weighted by Gasteiger charge is 2.24.